The maximum absolute atomic E-state index is 11.7. The Morgan fingerprint density at radius 1 is 0.793 bits per heavy atom. The van der Waals surface area contributed by atoms with Crippen molar-refractivity contribution in [2.75, 3.05) is 0 Å². The summed E-state index contributed by atoms with van der Waals surface area (Å²) in [7, 11) is 0. The first-order chi connectivity index (χ1) is 13.7. The van der Waals surface area contributed by atoms with Gasteiger partial charge in [-0.2, -0.15) is 0 Å². The third kappa shape index (κ3) is 3.07. The zero-order valence-electron chi connectivity index (χ0n) is 16.5. The predicted molar refractivity (Wildman–Crippen MR) is 116 cm³/mol. The number of phenolic OH excluding ortho intramolecular Hbond substituents is 1. The molecule has 4 nitrogen and oxygen atoms in total. The van der Waals surface area contributed by atoms with Crippen molar-refractivity contribution in [1.29, 1.82) is 0 Å². The van der Waals surface area contributed by atoms with E-state index in [-0.39, 0.29) is 22.5 Å². The fourth-order valence-electron chi connectivity index (χ4n) is 3.80. The lowest BCUT2D eigenvalue weighted by atomic mass is 9.84. The van der Waals surface area contributed by atoms with Crippen molar-refractivity contribution in [2.45, 2.75) is 26.2 Å². The summed E-state index contributed by atoms with van der Waals surface area (Å²) in [6.07, 6.45) is 0. The SMILES string of the molecule is CC(C)(C)c1ccc2c(-c3c(O)c(C(=O)O)cc4ccccc34)c(O)ccc2c1. The average molecular weight is 386 g/mol. The first kappa shape index (κ1) is 18.8. The molecule has 0 unspecified atom stereocenters. The Labute approximate surface area is 168 Å². The molecule has 146 valence electrons. The summed E-state index contributed by atoms with van der Waals surface area (Å²) < 4.78 is 0. The van der Waals surface area contributed by atoms with E-state index in [0.717, 1.165) is 16.3 Å². The number of phenols is 2. The van der Waals surface area contributed by atoms with Gasteiger partial charge in [-0.05, 0) is 44.7 Å². The van der Waals surface area contributed by atoms with Gasteiger partial charge in [0.15, 0.2) is 0 Å². The maximum Gasteiger partial charge on any atom is 0.339 e. The van der Waals surface area contributed by atoms with E-state index in [0.29, 0.717) is 21.9 Å². The number of carboxylic acid groups (broad SMARTS) is 1. The van der Waals surface area contributed by atoms with Gasteiger partial charge in [0.05, 0.1) is 0 Å². The monoisotopic (exact) mass is 386 g/mol. The molecular formula is C25H22O4. The highest BCUT2D eigenvalue weighted by Gasteiger charge is 2.23. The Kier molecular flexibility index (Phi) is 4.23. The van der Waals surface area contributed by atoms with Gasteiger partial charge in [-0.15, -0.1) is 0 Å². The number of fused-ring (bicyclic) bond motifs is 2. The topological polar surface area (TPSA) is 77.8 Å². The van der Waals surface area contributed by atoms with Crippen molar-refractivity contribution in [3.05, 3.63) is 71.8 Å². The van der Waals surface area contributed by atoms with Crippen molar-refractivity contribution in [3.63, 3.8) is 0 Å². The Balaban J connectivity index is 2.15. The zero-order chi connectivity index (χ0) is 20.9. The molecule has 0 aliphatic carbocycles. The lowest BCUT2D eigenvalue weighted by Gasteiger charge is -2.21. The minimum Gasteiger partial charge on any atom is -0.507 e. The molecule has 29 heavy (non-hydrogen) atoms. The van der Waals surface area contributed by atoms with Crippen molar-refractivity contribution in [1.82, 2.24) is 0 Å². The van der Waals surface area contributed by atoms with E-state index in [9.17, 15) is 20.1 Å². The second-order valence-electron chi connectivity index (χ2n) is 8.32. The molecule has 0 heterocycles. The summed E-state index contributed by atoms with van der Waals surface area (Å²) in [5, 5.41) is 34.2. The molecule has 0 atom stereocenters. The Morgan fingerprint density at radius 2 is 1.45 bits per heavy atom. The second kappa shape index (κ2) is 6.52. The van der Waals surface area contributed by atoms with E-state index < -0.39 is 5.97 Å². The number of hydrogen-bond donors (Lipinski definition) is 3. The maximum atomic E-state index is 11.7. The number of aromatic hydroxyl groups is 2. The van der Waals surface area contributed by atoms with Crippen LogP contribution in [0, 0.1) is 0 Å². The van der Waals surface area contributed by atoms with Gasteiger partial charge >= 0.3 is 5.97 Å². The van der Waals surface area contributed by atoms with Crippen LogP contribution in [0.5, 0.6) is 11.5 Å². The lowest BCUT2D eigenvalue weighted by Crippen LogP contribution is -2.10. The predicted octanol–water partition coefficient (Wildman–Crippen LogP) is 6.07. The van der Waals surface area contributed by atoms with E-state index in [1.54, 1.807) is 12.1 Å². The third-order valence-electron chi connectivity index (χ3n) is 5.37. The molecule has 0 aliphatic rings. The molecule has 0 fully saturated rings. The fourth-order valence-corrected chi connectivity index (χ4v) is 3.80. The molecule has 4 heteroatoms. The van der Waals surface area contributed by atoms with Gasteiger partial charge in [-0.25, -0.2) is 4.79 Å². The highest BCUT2D eigenvalue weighted by molar-refractivity contribution is 6.13. The lowest BCUT2D eigenvalue weighted by molar-refractivity contribution is 0.0694. The van der Waals surface area contributed by atoms with Crippen LogP contribution in [0.3, 0.4) is 0 Å². The molecule has 0 bridgehead atoms. The van der Waals surface area contributed by atoms with Gasteiger partial charge in [0.25, 0.3) is 0 Å². The van der Waals surface area contributed by atoms with E-state index in [1.807, 2.05) is 36.4 Å². The molecular weight excluding hydrogens is 364 g/mol. The fraction of sp³-hybridized carbons (Fsp3) is 0.160. The van der Waals surface area contributed by atoms with Gasteiger partial charge < -0.3 is 15.3 Å². The molecule has 0 radical (unpaired) electrons. The molecule has 0 amide bonds. The van der Waals surface area contributed by atoms with Crippen molar-refractivity contribution >= 4 is 27.5 Å². The normalized spacial score (nSPS) is 11.8. The minimum absolute atomic E-state index is 0.0102. The summed E-state index contributed by atoms with van der Waals surface area (Å²) in [5.41, 5.74) is 1.67. The van der Waals surface area contributed by atoms with Gasteiger partial charge in [0.2, 0.25) is 0 Å². The number of carbonyl (C=O) groups is 1. The first-order valence-electron chi connectivity index (χ1n) is 9.43. The number of rotatable bonds is 2. The number of hydrogen-bond acceptors (Lipinski definition) is 3. The Bertz CT molecular complexity index is 1280. The Hall–Kier alpha value is -3.53. The van der Waals surface area contributed by atoms with E-state index in [2.05, 4.69) is 26.8 Å². The number of aromatic carboxylic acids is 1. The molecule has 0 saturated carbocycles. The molecule has 3 N–H and O–H groups in total. The quantitative estimate of drug-likeness (QED) is 0.391. The Morgan fingerprint density at radius 3 is 2.14 bits per heavy atom. The van der Waals surface area contributed by atoms with Gasteiger partial charge in [0, 0.05) is 11.1 Å². The molecule has 4 aromatic rings. The summed E-state index contributed by atoms with van der Waals surface area (Å²) in [6, 6.07) is 18.1. The van der Waals surface area contributed by atoms with Crippen LogP contribution in [-0.4, -0.2) is 21.3 Å². The van der Waals surface area contributed by atoms with Crippen LogP contribution in [-0.2, 0) is 5.41 Å². The van der Waals surface area contributed by atoms with Crippen LogP contribution in [0.2, 0.25) is 0 Å². The minimum atomic E-state index is -1.22. The van der Waals surface area contributed by atoms with Gasteiger partial charge in [0.1, 0.15) is 17.1 Å². The second-order valence-corrected chi connectivity index (χ2v) is 8.32. The van der Waals surface area contributed by atoms with Crippen molar-refractivity contribution in [2.24, 2.45) is 0 Å². The zero-order valence-corrected chi connectivity index (χ0v) is 16.5. The third-order valence-corrected chi connectivity index (χ3v) is 5.37. The van der Waals surface area contributed by atoms with Gasteiger partial charge in [-0.1, -0.05) is 69.3 Å². The molecule has 0 aliphatic heterocycles. The van der Waals surface area contributed by atoms with Crippen LogP contribution in [0.15, 0.2) is 60.7 Å². The summed E-state index contributed by atoms with van der Waals surface area (Å²) in [4.78, 5) is 11.7. The highest BCUT2D eigenvalue weighted by atomic mass is 16.4. The van der Waals surface area contributed by atoms with E-state index in [4.69, 9.17) is 0 Å². The summed E-state index contributed by atoms with van der Waals surface area (Å²) in [5.74, 6) is -1.58. The van der Waals surface area contributed by atoms with Crippen LogP contribution in [0.4, 0.5) is 0 Å². The first-order valence-corrected chi connectivity index (χ1v) is 9.43. The molecule has 0 saturated heterocycles. The van der Waals surface area contributed by atoms with Crippen LogP contribution in [0.25, 0.3) is 32.7 Å². The van der Waals surface area contributed by atoms with E-state index in [1.165, 1.54) is 6.07 Å². The highest BCUT2D eigenvalue weighted by Crippen LogP contribution is 2.46. The van der Waals surface area contributed by atoms with Crippen LogP contribution >= 0.6 is 0 Å². The smallest absolute Gasteiger partial charge is 0.339 e. The number of carboxylic acids is 1. The largest absolute Gasteiger partial charge is 0.507 e. The summed E-state index contributed by atoms with van der Waals surface area (Å²) >= 11 is 0. The van der Waals surface area contributed by atoms with E-state index >= 15 is 0 Å². The van der Waals surface area contributed by atoms with Crippen molar-refractivity contribution in [3.8, 4) is 22.6 Å². The van der Waals surface area contributed by atoms with Crippen LogP contribution in [0.1, 0.15) is 36.7 Å². The molecule has 4 aromatic carbocycles. The van der Waals surface area contributed by atoms with Crippen molar-refractivity contribution < 1.29 is 20.1 Å². The standard InChI is InChI=1S/C25H22O4/c1-25(2,3)16-9-10-18-15(12-16)8-11-20(26)21(18)22-17-7-5-4-6-14(17)13-19(23(22)27)24(28)29/h4-13,26-27H,1-3H3,(H,28,29). The van der Waals surface area contributed by atoms with Gasteiger partial charge in [-0.3, -0.25) is 0 Å². The molecule has 0 spiro atoms. The number of benzene rings is 4. The van der Waals surface area contributed by atoms with Crippen LogP contribution < -0.4 is 0 Å². The average Bonchev–Trinajstić information content (AvgIpc) is 2.67. The molecule has 4 rings (SSSR count). The summed E-state index contributed by atoms with van der Waals surface area (Å²) in [6.45, 7) is 6.39. The molecule has 0 aromatic heterocycles.